The Hall–Kier alpha value is -0.900. The molecule has 0 aliphatic carbocycles. The number of aryl methyl sites for hydroxylation is 2. The van der Waals surface area contributed by atoms with Crippen LogP contribution in [0.5, 0.6) is 0 Å². The number of hydrogen-bond donors (Lipinski definition) is 1. The van der Waals surface area contributed by atoms with E-state index in [0.717, 1.165) is 25.9 Å². The van der Waals surface area contributed by atoms with E-state index >= 15 is 0 Å². The van der Waals surface area contributed by atoms with E-state index in [-0.39, 0.29) is 11.9 Å². The van der Waals surface area contributed by atoms with Crippen LogP contribution >= 0.6 is 22.9 Å². The van der Waals surface area contributed by atoms with E-state index in [2.05, 4.69) is 5.32 Å². The van der Waals surface area contributed by atoms with Gasteiger partial charge in [0, 0.05) is 4.88 Å². The molecule has 1 aromatic heterocycles. The zero-order chi connectivity index (χ0) is 13.3. The molecule has 1 unspecified atom stereocenters. The van der Waals surface area contributed by atoms with Crippen LogP contribution in [0.1, 0.15) is 27.6 Å². The molecule has 1 aromatic carbocycles. The zero-order valence-corrected chi connectivity index (χ0v) is 12.1. The summed E-state index contributed by atoms with van der Waals surface area (Å²) in [5.74, 6) is -0.187. The van der Waals surface area contributed by atoms with E-state index in [0.29, 0.717) is 0 Å². The van der Waals surface area contributed by atoms with Crippen LogP contribution in [0.4, 0.5) is 4.39 Å². The van der Waals surface area contributed by atoms with Crippen molar-refractivity contribution in [1.82, 2.24) is 5.32 Å². The monoisotopic (exact) mass is 283 g/mol. The SMILES string of the molecule is CNC(c1ccc(Cl)s1)c1c(C)cc(F)cc1C. The number of nitrogens with one attached hydrogen (secondary N) is 1. The molecule has 0 saturated carbocycles. The molecule has 1 N–H and O–H groups in total. The van der Waals surface area contributed by atoms with Crippen LogP contribution < -0.4 is 5.32 Å². The van der Waals surface area contributed by atoms with Crippen molar-refractivity contribution in [3.8, 4) is 0 Å². The summed E-state index contributed by atoms with van der Waals surface area (Å²) in [4.78, 5) is 1.14. The van der Waals surface area contributed by atoms with Crippen LogP contribution in [0.3, 0.4) is 0 Å². The molecule has 96 valence electrons. The van der Waals surface area contributed by atoms with Crippen LogP contribution in [0.15, 0.2) is 24.3 Å². The fourth-order valence-corrected chi connectivity index (χ4v) is 3.47. The van der Waals surface area contributed by atoms with Crippen LogP contribution in [0.2, 0.25) is 4.34 Å². The Balaban J connectivity index is 2.51. The third-order valence-corrected chi connectivity index (χ3v) is 4.31. The Labute approximate surface area is 116 Å². The standard InChI is InChI=1S/C14H15ClFNS/c1-8-6-10(16)7-9(2)13(8)14(17-3)11-4-5-12(15)18-11/h4-7,14,17H,1-3H3. The summed E-state index contributed by atoms with van der Waals surface area (Å²) in [6.45, 7) is 3.87. The van der Waals surface area contributed by atoms with Gasteiger partial charge in [0.2, 0.25) is 0 Å². The second kappa shape index (κ2) is 5.39. The summed E-state index contributed by atoms with van der Waals surface area (Å²) < 4.78 is 14.1. The maximum atomic E-state index is 13.3. The minimum atomic E-state index is -0.187. The summed E-state index contributed by atoms with van der Waals surface area (Å²) in [5, 5.41) is 3.28. The van der Waals surface area contributed by atoms with Crippen LogP contribution in [-0.2, 0) is 0 Å². The van der Waals surface area contributed by atoms with Gasteiger partial charge in [0.25, 0.3) is 0 Å². The van der Waals surface area contributed by atoms with Crippen molar-refractivity contribution in [1.29, 1.82) is 0 Å². The van der Waals surface area contributed by atoms with Crippen molar-refractivity contribution in [2.24, 2.45) is 0 Å². The normalized spacial score (nSPS) is 12.7. The van der Waals surface area contributed by atoms with Crippen molar-refractivity contribution in [3.63, 3.8) is 0 Å². The Bertz CT molecular complexity index is 542. The van der Waals surface area contributed by atoms with Gasteiger partial charge in [-0.1, -0.05) is 11.6 Å². The minimum absolute atomic E-state index is 0.0584. The molecule has 2 rings (SSSR count). The van der Waals surface area contributed by atoms with Crippen molar-refractivity contribution in [2.45, 2.75) is 19.9 Å². The van der Waals surface area contributed by atoms with E-state index in [4.69, 9.17) is 11.6 Å². The smallest absolute Gasteiger partial charge is 0.123 e. The lowest BCUT2D eigenvalue weighted by atomic mass is 9.95. The van der Waals surface area contributed by atoms with E-state index < -0.39 is 0 Å². The quantitative estimate of drug-likeness (QED) is 0.876. The number of hydrogen-bond acceptors (Lipinski definition) is 2. The second-order valence-electron chi connectivity index (χ2n) is 4.32. The first-order valence-electron chi connectivity index (χ1n) is 5.72. The maximum absolute atomic E-state index is 13.3. The molecule has 0 spiro atoms. The van der Waals surface area contributed by atoms with Gasteiger partial charge in [-0.2, -0.15) is 0 Å². The Morgan fingerprint density at radius 3 is 2.28 bits per heavy atom. The van der Waals surface area contributed by atoms with Crippen LogP contribution in [0, 0.1) is 19.7 Å². The highest BCUT2D eigenvalue weighted by molar-refractivity contribution is 7.16. The third-order valence-electron chi connectivity index (χ3n) is 3.01. The van der Waals surface area contributed by atoms with Gasteiger partial charge in [-0.3, -0.25) is 0 Å². The number of thiophene rings is 1. The zero-order valence-electron chi connectivity index (χ0n) is 10.6. The van der Waals surface area contributed by atoms with Gasteiger partial charge in [0.15, 0.2) is 0 Å². The molecule has 0 bridgehead atoms. The van der Waals surface area contributed by atoms with E-state index in [1.165, 1.54) is 0 Å². The van der Waals surface area contributed by atoms with Gasteiger partial charge < -0.3 is 5.32 Å². The van der Waals surface area contributed by atoms with Gasteiger partial charge in [-0.05, 0) is 61.9 Å². The molecule has 1 atom stereocenters. The summed E-state index contributed by atoms with van der Waals surface area (Å²) in [7, 11) is 1.90. The lowest BCUT2D eigenvalue weighted by molar-refractivity contribution is 0.619. The highest BCUT2D eigenvalue weighted by Gasteiger charge is 2.19. The second-order valence-corrected chi connectivity index (χ2v) is 6.06. The minimum Gasteiger partial charge on any atom is -0.309 e. The molecular formula is C14H15ClFNS. The molecule has 0 radical (unpaired) electrons. The first kappa shape index (κ1) is 13.5. The largest absolute Gasteiger partial charge is 0.309 e. The summed E-state index contributed by atoms with van der Waals surface area (Å²) >= 11 is 7.53. The van der Waals surface area contributed by atoms with Gasteiger partial charge in [0.1, 0.15) is 5.82 Å². The maximum Gasteiger partial charge on any atom is 0.123 e. The predicted octanol–water partition coefficient (Wildman–Crippen LogP) is 4.47. The van der Waals surface area contributed by atoms with Gasteiger partial charge in [0.05, 0.1) is 10.4 Å². The molecule has 0 amide bonds. The molecule has 0 saturated heterocycles. The lowest BCUT2D eigenvalue weighted by Crippen LogP contribution is -2.19. The molecule has 0 aliphatic heterocycles. The summed E-state index contributed by atoms with van der Waals surface area (Å²) in [5.41, 5.74) is 3.03. The molecule has 18 heavy (non-hydrogen) atoms. The van der Waals surface area contributed by atoms with Crippen LogP contribution in [-0.4, -0.2) is 7.05 Å². The first-order valence-corrected chi connectivity index (χ1v) is 6.91. The molecular weight excluding hydrogens is 269 g/mol. The molecule has 0 aliphatic rings. The van der Waals surface area contributed by atoms with Crippen molar-refractivity contribution in [2.75, 3.05) is 7.05 Å². The summed E-state index contributed by atoms with van der Waals surface area (Å²) in [6.07, 6.45) is 0. The third kappa shape index (κ3) is 2.58. The molecule has 1 heterocycles. The topological polar surface area (TPSA) is 12.0 Å². The van der Waals surface area contributed by atoms with E-state index in [1.807, 2.05) is 33.0 Å². The Morgan fingerprint density at radius 1 is 1.22 bits per heavy atom. The van der Waals surface area contributed by atoms with Crippen LogP contribution in [0.25, 0.3) is 0 Å². The molecule has 2 aromatic rings. The molecule has 0 fully saturated rings. The Morgan fingerprint density at radius 2 is 1.83 bits per heavy atom. The van der Waals surface area contributed by atoms with E-state index in [9.17, 15) is 4.39 Å². The number of halogens is 2. The lowest BCUT2D eigenvalue weighted by Gasteiger charge is -2.20. The fraction of sp³-hybridized carbons (Fsp3) is 0.286. The van der Waals surface area contributed by atoms with E-state index in [1.54, 1.807) is 23.5 Å². The highest BCUT2D eigenvalue weighted by atomic mass is 35.5. The number of benzene rings is 1. The summed E-state index contributed by atoms with van der Waals surface area (Å²) in [6, 6.07) is 7.10. The fourth-order valence-electron chi connectivity index (χ4n) is 2.29. The van der Waals surface area contributed by atoms with Crippen molar-refractivity contribution >= 4 is 22.9 Å². The van der Waals surface area contributed by atoms with Crippen molar-refractivity contribution in [3.05, 3.63) is 56.0 Å². The number of rotatable bonds is 3. The highest BCUT2D eigenvalue weighted by Crippen LogP contribution is 2.34. The van der Waals surface area contributed by atoms with Gasteiger partial charge >= 0.3 is 0 Å². The molecule has 4 heteroatoms. The average molecular weight is 284 g/mol. The Kier molecular flexibility index (Phi) is 4.05. The van der Waals surface area contributed by atoms with Crippen molar-refractivity contribution < 1.29 is 4.39 Å². The molecule has 1 nitrogen and oxygen atoms in total. The van der Waals surface area contributed by atoms with Gasteiger partial charge in [-0.25, -0.2) is 4.39 Å². The predicted molar refractivity (Wildman–Crippen MR) is 76.1 cm³/mol. The average Bonchev–Trinajstić information content (AvgIpc) is 2.69. The van der Waals surface area contributed by atoms with Gasteiger partial charge in [-0.15, -0.1) is 11.3 Å². The first-order chi connectivity index (χ1) is 8.52.